The molecule has 188 valence electrons. The minimum Gasteiger partial charge on any atom is -0.371 e. The van der Waals surface area contributed by atoms with E-state index in [2.05, 4.69) is 79.7 Å². The maximum atomic E-state index is 4.69. The van der Waals surface area contributed by atoms with Crippen molar-refractivity contribution in [3.63, 3.8) is 0 Å². The van der Waals surface area contributed by atoms with Gasteiger partial charge in [0.25, 0.3) is 0 Å². The summed E-state index contributed by atoms with van der Waals surface area (Å²) in [5.74, 6) is 0.581. The number of aromatic amines is 2. The molecule has 4 aromatic rings. The van der Waals surface area contributed by atoms with Crippen LogP contribution in [0, 0.1) is 12.8 Å². The van der Waals surface area contributed by atoms with Crippen molar-refractivity contribution in [2.45, 2.75) is 39.0 Å². The van der Waals surface area contributed by atoms with Gasteiger partial charge >= 0.3 is 0 Å². The van der Waals surface area contributed by atoms with Crippen LogP contribution in [0.25, 0.3) is 39.2 Å². The maximum Gasteiger partial charge on any atom is 0.116 e. The molecule has 1 saturated carbocycles. The SMILES string of the molecule is C=C/C=C(\c1cc(-c2n[nH]c3cnc(-c4cncc(NC(=C)C5CC5)c4)cc23)[nH]c1C)N1CCCCC1. The van der Waals surface area contributed by atoms with E-state index in [-0.39, 0.29) is 0 Å². The molecule has 7 nitrogen and oxygen atoms in total. The average Bonchev–Trinajstić information content (AvgIpc) is 3.59. The first-order valence-electron chi connectivity index (χ1n) is 13.1. The summed E-state index contributed by atoms with van der Waals surface area (Å²) in [4.78, 5) is 15.2. The molecular formula is C30H33N7. The van der Waals surface area contributed by atoms with Gasteiger partial charge in [0.05, 0.1) is 35.0 Å². The van der Waals surface area contributed by atoms with Gasteiger partial charge in [-0.15, -0.1) is 0 Å². The fraction of sp³-hybridized carbons (Fsp3) is 0.300. The maximum absolute atomic E-state index is 4.69. The lowest BCUT2D eigenvalue weighted by Crippen LogP contribution is -2.28. The first kappa shape index (κ1) is 23.3. The van der Waals surface area contributed by atoms with Gasteiger partial charge in [0.15, 0.2) is 0 Å². The molecule has 37 heavy (non-hydrogen) atoms. The Morgan fingerprint density at radius 1 is 1.11 bits per heavy atom. The Morgan fingerprint density at radius 2 is 1.95 bits per heavy atom. The highest BCUT2D eigenvalue weighted by atomic mass is 15.1. The van der Waals surface area contributed by atoms with Gasteiger partial charge in [0, 0.05) is 52.9 Å². The van der Waals surface area contributed by atoms with Gasteiger partial charge in [0.1, 0.15) is 5.69 Å². The quantitative estimate of drug-likeness (QED) is 0.240. The second-order valence-corrected chi connectivity index (χ2v) is 10.1. The normalized spacial score (nSPS) is 16.2. The molecule has 0 radical (unpaired) electrons. The molecule has 7 heteroatoms. The molecule has 1 aliphatic carbocycles. The number of nitrogens with one attached hydrogen (secondary N) is 3. The zero-order chi connectivity index (χ0) is 25.4. The Morgan fingerprint density at radius 3 is 2.73 bits per heavy atom. The minimum absolute atomic E-state index is 0.581. The monoisotopic (exact) mass is 491 g/mol. The first-order chi connectivity index (χ1) is 18.1. The molecule has 1 saturated heterocycles. The summed E-state index contributed by atoms with van der Waals surface area (Å²) in [5.41, 5.74) is 10.1. The van der Waals surface area contributed by atoms with Gasteiger partial charge in [-0.2, -0.15) is 5.10 Å². The Balaban J connectivity index is 1.34. The summed E-state index contributed by atoms with van der Waals surface area (Å²) in [7, 11) is 0. The number of H-pyrrole nitrogens is 2. The number of aryl methyl sites for hydroxylation is 1. The highest BCUT2D eigenvalue weighted by Gasteiger charge is 2.25. The molecule has 1 aliphatic heterocycles. The number of allylic oxidation sites excluding steroid dienone is 3. The van der Waals surface area contributed by atoms with E-state index < -0.39 is 0 Å². The van der Waals surface area contributed by atoms with Crippen LogP contribution in [0.2, 0.25) is 0 Å². The van der Waals surface area contributed by atoms with Crippen LogP contribution in [-0.2, 0) is 0 Å². The smallest absolute Gasteiger partial charge is 0.116 e. The molecule has 5 heterocycles. The van der Waals surface area contributed by atoms with Crippen LogP contribution in [0.15, 0.2) is 67.8 Å². The third-order valence-electron chi connectivity index (χ3n) is 7.37. The van der Waals surface area contributed by atoms with E-state index in [1.54, 1.807) is 0 Å². The molecule has 0 atom stereocenters. The van der Waals surface area contributed by atoms with Crippen molar-refractivity contribution in [1.82, 2.24) is 30.0 Å². The predicted molar refractivity (Wildman–Crippen MR) is 151 cm³/mol. The molecule has 0 amide bonds. The molecule has 0 aromatic carbocycles. The predicted octanol–water partition coefficient (Wildman–Crippen LogP) is 6.67. The highest BCUT2D eigenvalue weighted by Crippen LogP contribution is 2.37. The Kier molecular flexibility index (Phi) is 6.12. The number of fused-ring (bicyclic) bond motifs is 1. The lowest BCUT2D eigenvalue weighted by molar-refractivity contribution is 0.326. The summed E-state index contributed by atoms with van der Waals surface area (Å²) in [6, 6.07) is 6.38. The lowest BCUT2D eigenvalue weighted by atomic mass is 10.1. The van der Waals surface area contributed by atoms with Gasteiger partial charge in [-0.25, -0.2) is 0 Å². The number of hydrogen-bond donors (Lipinski definition) is 3. The van der Waals surface area contributed by atoms with Crippen molar-refractivity contribution in [3.8, 4) is 22.6 Å². The van der Waals surface area contributed by atoms with Crippen molar-refractivity contribution in [1.29, 1.82) is 0 Å². The van der Waals surface area contributed by atoms with Crippen LogP contribution < -0.4 is 5.32 Å². The topological polar surface area (TPSA) is 85.5 Å². The number of anilines is 1. The third kappa shape index (κ3) is 4.69. The second-order valence-electron chi connectivity index (χ2n) is 10.1. The van der Waals surface area contributed by atoms with E-state index in [4.69, 9.17) is 0 Å². The standard InChI is InChI=1S/C30H33N7/c1-4-8-29(37-11-6-5-7-12-37)24-14-27(34-20(24)3)30-25-15-26(32-18-28(25)35-36-30)22-13-23(17-31-16-22)33-19(2)21-9-10-21/h4,8,13-18,21,33-34H,1-2,5-7,9-12H2,3H3,(H,35,36)/b29-8+. The van der Waals surface area contributed by atoms with Crippen molar-refractivity contribution in [2.24, 2.45) is 5.92 Å². The largest absolute Gasteiger partial charge is 0.371 e. The van der Waals surface area contributed by atoms with E-state index in [0.717, 1.165) is 63.7 Å². The van der Waals surface area contributed by atoms with Crippen LogP contribution in [0.3, 0.4) is 0 Å². The van der Waals surface area contributed by atoms with E-state index in [1.807, 2.05) is 24.7 Å². The van der Waals surface area contributed by atoms with Crippen LogP contribution in [0.1, 0.15) is 43.4 Å². The van der Waals surface area contributed by atoms with Crippen LogP contribution in [0.5, 0.6) is 0 Å². The summed E-state index contributed by atoms with van der Waals surface area (Å²) in [5, 5.41) is 12.3. The number of likely N-dealkylation sites (tertiary alicyclic amines) is 1. The van der Waals surface area contributed by atoms with Gasteiger partial charge in [0.2, 0.25) is 0 Å². The number of pyridine rings is 2. The minimum atomic E-state index is 0.581. The molecule has 3 N–H and O–H groups in total. The van der Waals surface area contributed by atoms with Crippen LogP contribution in [-0.4, -0.2) is 43.1 Å². The lowest BCUT2D eigenvalue weighted by Gasteiger charge is -2.31. The molecule has 0 bridgehead atoms. The summed E-state index contributed by atoms with van der Waals surface area (Å²) < 4.78 is 0. The van der Waals surface area contributed by atoms with Crippen LogP contribution >= 0.6 is 0 Å². The third-order valence-corrected chi connectivity index (χ3v) is 7.37. The number of aromatic nitrogens is 5. The molecule has 6 rings (SSSR count). The zero-order valence-electron chi connectivity index (χ0n) is 21.3. The van der Waals surface area contributed by atoms with Crippen molar-refractivity contribution < 1.29 is 0 Å². The average molecular weight is 492 g/mol. The van der Waals surface area contributed by atoms with Gasteiger partial charge in [-0.1, -0.05) is 19.2 Å². The second kappa shape index (κ2) is 9.73. The zero-order valence-corrected chi connectivity index (χ0v) is 21.3. The number of nitrogens with zero attached hydrogens (tertiary/aromatic N) is 4. The first-order valence-corrected chi connectivity index (χ1v) is 13.1. The van der Waals surface area contributed by atoms with Crippen molar-refractivity contribution in [3.05, 3.63) is 79.1 Å². The summed E-state index contributed by atoms with van der Waals surface area (Å²) >= 11 is 0. The molecule has 0 unspecified atom stereocenters. The van der Waals surface area contributed by atoms with Gasteiger partial charge in [-0.3, -0.25) is 15.1 Å². The van der Waals surface area contributed by atoms with Crippen molar-refractivity contribution >= 4 is 22.3 Å². The van der Waals surface area contributed by atoms with E-state index >= 15 is 0 Å². The molecule has 0 spiro atoms. The number of rotatable bonds is 8. The molecular weight excluding hydrogens is 458 g/mol. The van der Waals surface area contributed by atoms with Gasteiger partial charge < -0.3 is 15.2 Å². The Bertz CT molecular complexity index is 1500. The fourth-order valence-electron chi connectivity index (χ4n) is 5.21. The molecule has 2 aliphatic rings. The Hall–Kier alpha value is -4.13. The molecule has 2 fully saturated rings. The van der Waals surface area contributed by atoms with E-state index in [9.17, 15) is 0 Å². The Labute approximate surface area is 217 Å². The number of hydrogen-bond acceptors (Lipinski definition) is 5. The number of piperidine rings is 1. The van der Waals surface area contributed by atoms with Crippen LogP contribution in [0.4, 0.5) is 5.69 Å². The molecule has 4 aromatic heterocycles. The van der Waals surface area contributed by atoms with E-state index in [0.29, 0.717) is 5.92 Å². The summed E-state index contributed by atoms with van der Waals surface area (Å²) in [6.07, 6.45) is 15.7. The highest BCUT2D eigenvalue weighted by molar-refractivity contribution is 5.94. The fourth-order valence-corrected chi connectivity index (χ4v) is 5.21. The summed E-state index contributed by atoms with van der Waals surface area (Å²) in [6.45, 7) is 12.4. The van der Waals surface area contributed by atoms with Gasteiger partial charge in [-0.05, 0) is 69.2 Å². The van der Waals surface area contributed by atoms with Crippen molar-refractivity contribution in [2.75, 3.05) is 18.4 Å². The van der Waals surface area contributed by atoms with E-state index in [1.165, 1.54) is 43.4 Å².